The van der Waals surface area contributed by atoms with Crippen LogP contribution in [0.5, 0.6) is 0 Å². The van der Waals surface area contributed by atoms with Crippen LogP contribution in [0.25, 0.3) is 0 Å². The number of hydrogen-bond acceptors (Lipinski definition) is 5. The maximum Gasteiger partial charge on any atom is 0.328 e. The van der Waals surface area contributed by atoms with E-state index in [1.165, 1.54) is 0 Å². The van der Waals surface area contributed by atoms with E-state index in [2.05, 4.69) is 10.2 Å². The Morgan fingerprint density at radius 2 is 1.67 bits per heavy atom. The van der Waals surface area contributed by atoms with E-state index in [-0.39, 0.29) is 0 Å². The van der Waals surface area contributed by atoms with Gasteiger partial charge in [0.05, 0.1) is 5.69 Å². The number of amides is 4. The molecule has 2 rings (SSSR count). The highest BCUT2D eigenvalue weighted by molar-refractivity contribution is 6.18. The first-order valence-electron chi connectivity index (χ1n) is 5.20. The van der Waals surface area contributed by atoms with Gasteiger partial charge in [0.15, 0.2) is 0 Å². The Kier molecular flexibility index (Phi) is 3.13. The largest absolute Gasteiger partial charge is 0.328 e. The van der Waals surface area contributed by atoms with Gasteiger partial charge in [0.25, 0.3) is 11.8 Å². The van der Waals surface area contributed by atoms with Crippen LogP contribution < -0.4 is 10.6 Å². The van der Waals surface area contributed by atoms with Crippen LogP contribution in [0, 0.1) is 6.92 Å². The van der Waals surface area contributed by atoms with E-state index in [1.807, 2.05) is 29.7 Å². The number of rotatable bonds is 2. The lowest BCUT2D eigenvalue weighted by Gasteiger charge is -2.16. The number of nitrogens with one attached hydrogen (secondary N) is 2. The Balaban J connectivity index is 2.19. The van der Waals surface area contributed by atoms with Gasteiger partial charge in [0, 0.05) is 0 Å². The van der Waals surface area contributed by atoms with E-state index in [0.717, 1.165) is 5.56 Å². The first-order valence-corrected chi connectivity index (χ1v) is 5.20. The van der Waals surface area contributed by atoms with Crippen molar-refractivity contribution in [3.8, 4) is 0 Å². The van der Waals surface area contributed by atoms with Gasteiger partial charge in [-0.15, -0.1) is 0 Å². The van der Waals surface area contributed by atoms with Crippen molar-refractivity contribution < 1.29 is 14.4 Å². The summed E-state index contributed by atoms with van der Waals surface area (Å²) < 4.78 is 0. The summed E-state index contributed by atoms with van der Waals surface area (Å²) in [4.78, 5) is 33.6. The highest BCUT2D eigenvalue weighted by Crippen LogP contribution is 2.18. The predicted molar refractivity (Wildman–Crippen MR) is 61.2 cm³/mol. The molecule has 1 aliphatic rings. The molecule has 1 aromatic carbocycles. The molecule has 0 aliphatic carbocycles. The molecule has 1 aliphatic heterocycles. The summed E-state index contributed by atoms with van der Waals surface area (Å²) >= 11 is 0. The molecule has 1 heterocycles. The topological polar surface area (TPSA) is 100.0 Å². The van der Waals surface area contributed by atoms with Gasteiger partial charge < -0.3 is 0 Å². The lowest BCUT2D eigenvalue weighted by atomic mass is 10.2. The van der Waals surface area contributed by atoms with Gasteiger partial charge in [-0.2, -0.15) is 10.2 Å². The molecule has 0 radical (unpaired) electrons. The number of carbonyl (C=O) groups is 3. The summed E-state index contributed by atoms with van der Waals surface area (Å²) in [5, 5.41) is 11.4. The van der Waals surface area contributed by atoms with Crippen LogP contribution in [0.15, 0.2) is 34.5 Å². The van der Waals surface area contributed by atoms with E-state index < -0.39 is 23.9 Å². The monoisotopic (exact) mass is 246 g/mol. The minimum atomic E-state index is -1.33. The molecule has 4 amide bonds. The van der Waals surface area contributed by atoms with E-state index in [0.29, 0.717) is 5.69 Å². The Bertz CT molecular complexity index is 533. The Hall–Kier alpha value is -2.57. The minimum absolute atomic E-state index is 0.565. The number of benzene rings is 1. The number of urea groups is 1. The predicted octanol–water partition coefficient (Wildman–Crippen LogP) is 0.813. The van der Waals surface area contributed by atoms with Gasteiger partial charge >= 0.3 is 6.03 Å². The normalized spacial score (nSPS) is 16.8. The fourth-order valence-corrected chi connectivity index (χ4v) is 1.41. The number of nitrogens with zero attached hydrogens (tertiary/aromatic N) is 2. The number of barbiturate groups is 1. The number of aryl methyl sites for hydroxylation is 1. The van der Waals surface area contributed by atoms with E-state index in [9.17, 15) is 14.4 Å². The molecule has 0 spiro atoms. The van der Waals surface area contributed by atoms with E-state index in [1.54, 1.807) is 12.1 Å². The summed E-state index contributed by atoms with van der Waals surface area (Å²) in [5.74, 6) is -1.55. The average Bonchev–Trinajstić information content (AvgIpc) is 2.30. The fourth-order valence-electron chi connectivity index (χ4n) is 1.41. The van der Waals surface area contributed by atoms with Crippen molar-refractivity contribution in [2.75, 3.05) is 0 Å². The highest BCUT2D eigenvalue weighted by Gasteiger charge is 2.34. The van der Waals surface area contributed by atoms with Gasteiger partial charge in [-0.05, 0) is 18.6 Å². The average molecular weight is 246 g/mol. The molecule has 0 aromatic heterocycles. The lowest BCUT2D eigenvalue weighted by Crippen LogP contribution is -2.57. The first kappa shape index (κ1) is 11.9. The Morgan fingerprint density at radius 3 is 2.28 bits per heavy atom. The standard InChI is InChI=1S/C11H10N4O3/c1-6-4-2-3-5-7(6)14-15-8-9(16)12-11(18)13-10(8)17/h2-5,8H,1H3,(H2,12,13,16,17,18). The number of hydrogen-bond donors (Lipinski definition) is 2. The molecule has 18 heavy (non-hydrogen) atoms. The third kappa shape index (κ3) is 2.40. The summed E-state index contributed by atoms with van der Waals surface area (Å²) in [7, 11) is 0. The Morgan fingerprint density at radius 1 is 1.06 bits per heavy atom. The van der Waals surface area contributed by atoms with Gasteiger partial charge in [0.2, 0.25) is 6.04 Å². The fraction of sp³-hybridized carbons (Fsp3) is 0.182. The maximum absolute atomic E-state index is 11.4. The summed E-state index contributed by atoms with van der Waals surface area (Å²) in [6, 6.07) is 4.98. The zero-order valence-electron chi connectivity index (χ0n) is 9.51. The van der Waals surface area contributed by atoms with Crippen LogP contribution in [0.1, 0.15) is 5.56 Å². The molecular formula is C11H10N4O3. The quantitative estimate of drug-likeness (QED) is 0.596. The van der Waals surface area contributed by atoms with Crippen molar-refractivity contribution >= 4 is 23.5 Å². The third-order valence-corrected chi connectivity index (χ3v) is 2.37. The molecule has 2 N–H and O–H groups in total. The molecule has 0 atom stereocenters. The molecule has 0 unspecified atom stereocenters. The second-order valence-electron chi connectivity index (χ2n) is 3.71. The third-order valence-electron chi connectivity index (χ3n) is 2.37. The van der Waals surface area contributed by atoms with Gasteiger partial charge in [-0.3, -0.25) is 20.2 Å². The lowest BCUT2D eigenvalue weighted by molar-refractivity contribution is -0.131. The molecule has 1 saturated heterocycles. The molecule has 1 fully saturated rings. The molecule has 92 valence electrons. The van der Waals surface area contributed by atoms with Crippen molar-refractivity contribution in [2.24, 2.45) is 10.2 Å². The zero-order chi connectivity index (χ0) is 13.1. The number of imide groups is 2. The minimum Gasteiger partial charge on any atom is -0.275 e. The van der Waals surface area contributed by atoms with Crippen LogP contribution in [-0.4, -0.2) is 23.9 Å². The zero-order valence-corrected chi connectivity index (χ0v) is 9.51. The summed E-state index contributed by atoms with van der Waals surface area (Å²) in [5.41, 5.74) is 1.43. The summed E-state index contributed by atoms with van der Waals surface area (Å²) in [6.45, 7) is 1.83. The van der Waals surface area contributed by atoms with Crippen molar-refractivity contribution in [3.63, 3.8) is 0 Å². The number of azo groups is 1. The van der Waals surface area contributed by atoms with Crippen molar-refractivity contribution in [1.82, 2.24) is 10.6 Å². The van der Waals surface area contributed by atoms with Crippen LogP contribution in [-0.2, 0) is 9.59 Å². The van der Waals surface area contributed by atoms with Crippen molar-refractivity contribution in [2.45, 2.75) is 13.0 Å². The van der Waals surface area contributed by atoms with Crippen molar-refractivity contribution in [3.05, 3.63) is 29.8 Å². The van der Waals surface area contributed by atoms with Crippen LogP contribution in [0.2, 0.25) is 0 Å². The van der Waals surface area contributed by atoms with Crippen LogP contribution in [0.3, 0.4) is 0 Å². The molecule has 7 nitrogen and oxygen atoms in total. The highest BCUT2D eigenvalue weighted by atomic mass is 16.2. The molecule has 1 aromatic rings. The Labute approximate surface area is 102 Å². The van der Waals surface area contributed by atoms with Gasteiger partial charge in [-0.1, -0.05) is 18.2 Å². The van der Waals surface area contributed by atoms with Crippen molar-refractivity contribution in [1.29, 1.82) is 0 Å². The second-order valence-corrected chi connectivity index (χ2v) is 3.71. The van der Waals surface area contributed by atoms with Crippen LogP contribution >= 0.6 is 0 Å². The maximum atomic E-state index is 11.4. The molecule has 7 heteroatoms. The van der Waals surface area contributed by atoms with Gasteiger partial charge in [-0.25, -0.2) is 4.79 Å². The second kappa shape index (κ2) is 4.74. The first-order chi connectivity index (χ1) is 8.58. The van der Waals surface area contributed by atoms with Crippen LogP contribution in [0.4, 0.5) is 10.5 Å². The molecule has 0 bridgehead atoms. The van der Waals surface area contributed by atoms with Gasteiger partial charge in [0.1, 0.15) is 0 Å². The smallest absolute Gasteiger partial charge is 0.275 e. The van der Waals surface area contributed by atoms with E-state index >= 15 is 0 Å². The number of carbonyl (C=O) groups excluding carboxylic acids is 3. The van der Waals surface area contributed by atoms with E-state index in [4.69, 9.17) is 0 Å². The SMILES string of the molecule is Cc1ccccc1N=NC1C(=O)NC(=O)NC1=O. The molecule has 0 saturated carbocycles. The summed E-state index contributed by atoms with van der Waals surface area (Å²) in [6.07, 6.45) is 0. The molecular weight excluding hydrogens is 236 g/mol.